The van der Waals surface area contributed by atoms with E-state index in [9.17, 15) is 8.78 Å². The van der Waals surface area contributed by atoms with E-state index in [1.54, 1.807) is 4.90 Å². The Morgan fingerprint density at radius 2 is 2.00 bits per heavy atom. The van der Waals surface area contributed by atoms with Crippen LogP contribution in [0.3, 0.4) is 0 Å². The standard InChI is InChI=1S/C15H15F2N3/c16-8-11-6-7-20(9-11)15-13(17)14(18-10-19-15)12-4-2-1-3-5-12/h1-5,10-11H,6-9H2. The number of nitrogens with zero attached hydrogens (tertiary/aromatic N) is 3. The minimum absolute atomic E-state index is 0.0236. The fourth-order valence-electron chi connectivity index (χ4n) is 2.53. The maximum absolute atomic E-state index is 14.6. The van der Waals surface area contributed by atoms with Gasteiger partial charge in [0.2, 0.25) is 0 Å². The second-order valence-electron chi connectivity index (χ2n) is 4.98. The SMILES string of the molecule is FCC1CCN(c2ncnc(-c3ccccc3)c2F)C1. The molecule has 5 heteroatoms. The maximum Gasteiger partial charge on any atom is 0.191 e. The van der Waals surface area contributed by atoms with Crippen molar-refractivity contribution in [3.05, 3.63) is 42.5 Å². The summed E-state index contributed by atoms with van der Waals surface area (Å²) in [5, 5.41) is 0. The molecule has 20 heavy (non-hydrogen) atoms. The topological polar surface area (TPSA) is 29.0 Å². The number of benzene rings is 1. The lowest BCUT2D eigenvalue weighted by atomic mass is 10.1. The molecule has 0 saturated carbocycles. The van der Waals surface area contributed by atoms with Crippen LogP contribution >= 0.6 is 0 Å². The molecule has 2 heterocycles. The van der Waals surface area contributed by atoms with Gasteiger partial charge in [0.05, 0.1) is 6.67 Å². The molecule has 3 rings (SSSR count). The van der Waals surface area contributed by atoms with Crippen LogP contribution in [0.4, 0.5) is 14.6 Å². The van der Waals surface area contributed by atoms with Crippen molar-refractivity contribution in [1.29, 1.82) is 0 Å². The number of hydrogen-bond acceptors (Lipinski definition) is 3. The van der Waals surface area contributed by atoms with Gasteiger partial charge in [-0.1, -0.05) is 30.3 Å². The number of hydrogen-bond donors (Lipinski definition) is 0. The molecule has 1 aromatic carbocycles. The highest BCUT2D eigenvalue weighted by atomic mass is 19.1. The van der Waals surface area contributed by atoms with Crippen molar-refractivity contribution < 1.29 is 8.78 Å². The Balaban J connectivity index is 1.94. The van der Waals surface area contributed by atoms with Crippen LogP contribution in [-0.4, -0.2) is 29.7 Å². The van der Waals surface area contributed by atoms with E-state index in [1.165, 1.54) is 6.33 Å². The fraction of sp³-hybridized carbons (Fsp3) is 0.333. The Bertz CT molecular complexity index is 589. The second kappa shape index (κ2) is 5.53. The smallest absolute Gasteiger partial charge is 0.191 e. The van der Waals surface area contributed by atoms with Crippen LogP contribution in [0.5, 0.6) is 0 Å². The summed E-state index contributed by atoms with van der Waals surface area (Å²) in [5.74, 6) is -0.183. The zero-order valence-electron chi connectivity index (χ0n) is 11.0. The normalized spacial score (nSPS) is 18.5. The van der Waals surface area contributed by atoms with Gasteiger partial charge in [-0.05, 0) is 6.42 Å². The first-order valence-corrected chi connectivity index (χ1v) is 6.66. The first-order chi connectivity index (χ1) is 9.79. The van der Waals surface area contributed by atoms with E-state index in [-0.39, 0.29) is 18.4 Å². The highest BCUT2D eigenvalue weighted by Gasteiger charge is 2.26. The first kappa shape index (κ1) is 13.0. The predicted octanol–water partition coefficient (Wildman–Crippen LogP) is 3.08. The molecule has 0 aliphatic carbocycles. The lowest BCUT2D eigenvalue weighted by Gasteiger charge is -2.18. The van der Waals surface area contributed by atoms with Gasteiger partial charge in [0.25, 0.3) is 0 Å². The van der Waals surface area contributed by atoms with Crippen molar-refractivity contribution in [3.8, 4) is 11.3 Å². The molecule has 1 aliphatic rings. The van der Waals surface area contributed by atoms with Crippen LogP contribution in [-0.2, 0) is 0 Å². The van der Waals surface area contributed by atoms with Gasteiger partial charge in [-0.3, -0.25) is 4.39 Å². The lowest BCUT2D eigenvalue weighted by molar-refractivity contribution is 0.384. The monoisotopic (exact) mass is 275 g/mol. The van der Waals surface area contributed by atoms with Crippen molar-refractivity contribution in [3.63, 3.8) is 0 Å². The molecule has 1 unspecified atom stereocenters. The average molecular weight is 275 g/mol. The molecule has 0 radical (unpaired) electrons. The van der Waals surface area contributed by atoms with Crippen molar-refractivity contribution in [2.45, 2.75) is 6.42 Å². The summed E-state index contributed by atoms with van der Waals surface area (Å²) in [5.41, 5.74) is 1.01. The van der Waals surface area contributed by atoms with Crippen LogP contribution in [0.15, 0.2) is 36.7 Å². The van der Waals surface area contributed by atoms with Gasteiger partial charge in [-0.15, -0.1) is 0 Å². The molecule has 2 aromatic rings. The Morgan fingerprint density at radius 3 is 2.70 bits per heavy atom. The van der Waals surface area contributed by atoms with Gasteiger partial charge in [0.15, 0.2) is 11.6 Å². The Kier molecular flexibility index (Phi) is 3.58. The molecule has 1 aromatic heterocycles. The predicted molar refractivity (Wildman–Crippen MR) is 73.7 cm³/mol. The molecule has 1 atom stereocenters. The number of anilines is 1. The van der Waals surface area contributed by atoms with Crippen LogP contribution in [0.1, 0.15) is 6.42 Å². The highest BCUT2D eigenvalue weighted by molar-refractivity contribution is 5.63. The lowest BCUT2D eigenvalue weighted by Crippen LogP contribution is -2.23. The van der Waals surface area contributed by atoms with E-state index in [4.69, 9.17) is 0 Å². The highest BCUT2D eigenvalue weighted by Crippen LogP contribution is 2.29. The maximum atomic E-state index is 14.6. The van der Waals surface area contributed by atoms with E-state index in [0.717, 1.165) is 12.0 Å². The van der Waals surface area contributed by atoms with Gasteiger partial charge in [-0.2, -0.15) is 0 Å². The number of alkyl halides is 1. The van der Waals surface area contributed by atoms with Gasteiger partial charge in [0.1, 0.15) is 12.0 Å². The minimum Gasteiger partial charge on any atom is -0.354 e. The van der Waals surface area contributed by atoms with Crippen LogP contribution < -0.4 is 4.90 Å². The van der Waals surface area contributed by atoms with Crippen molar-refractivity contribution in [2.24, 2.45) is 5.92 Å². The number of rotatable bonds is 3. The summed E-state index contributed by atoms with van der Waals surface area (Å²) in [4.78, 5) is 9.86. The molecule has 0 N–H and O–H groups in total. The zero-order chi connectivity index (χ0) is 13.9. The summed E-state index contributed by atoms with van der Waals surface area (Å²) in [6, 6.07) is 9.17. The summed E-state index contributed by atoms with van der Waals surface area (Å²) >= 11 is 0. The van der Waals surface area contributed by atoms with E-state index >= 15 is 0 Å². The van der Waals surface area contributed by atoms with Crippen molar-refractivity contribution in [1.82, 2.24) is 9.97 Å². The largest absolute Gasteiger partial charge is 0.354 e. The molecule has 1 aliphatic heterocycles. The van der Waals surface area contributed by atoms with E-state index < -0.39 is 5.82 Å². The molecule has 0 spiro atoms. The molecule has 104 valence electrons. The number of aromatic nitrogens is 2. The Morgan fingerprint density at radius 1 is 1.20 bits per heavy atom. The first-order valence-electron chi connectivity index (χ1n) is 6.66. The second-order valence-corrected chi connectivity index (χ2v) is 4.98. The molecular weight excluding hydrogens is 260 g/mol. The fourth-order valence-corrected chi connectivity index (χ4v) is 2.53. The van der Waals surface area contributed by atoms with Crippen LogP contribution in [0, 0.1) is 11.7 Å². The summed E-state index contributed by atoms with van der Waals surface area (Å²) in [6.45, 7) is 0.782. The summed E-state index contributed by atoms with van der Waals surface area (Å²) in [7, 11) is 0. The van der Waals surface area contributed by atoms with E-state index in [0.29, 0.717) is 18.8 Å². The van der Waals surface area contributed by atoms with Crippen LogP contribution in [0.2, 0.25) is 0 Å². The average Bonchev–Trinajstić information content (AvgIpc) is 2.97. The molecule has 3 nitrogen and oxygen atoms in total. The van der Waals surface area contributed by atoms with Crippen molar-refractivity contribution >= 4 is 5.82 Å². The Hall–Kier alpha value is -2.04. The quantitative estimate of drug-likeness (QED) is 0.862. The summed E-state index contributed by atoms with van der Waals surface area (Å²) in [6.07, 6.45) is 2.10. The third kappa shape index (κ3) is 2.35. The van der Waals surface area contributed by atoms with Gasteiger partial charge < -0.3 is 4.90 Å². The van der Waals surface area contributed by atoms with Crippen LogP contribution in [0.25, 0.3) is 11.3 Å². The minimum atomic E-state index is -0.432. The van der Waals surface area contributed by atoms with E-state index in [1.807, 2.05) is 30.3 Å². The Labute approximate surface area is 116 Å². The van der Waals surface area contributed by atoms with E-state index in [2.05, 4.69) is 9.97 Å². The van der Waals surface area contributed by atoms with Gasteiger partial charge in [0, 0.05) is 24.6 Å². The molecule has 0 bridgehead atoms. The molecule has 1 saturated heterocycles. The molecular formula is C15H15F2N3. The van der Waals surface area contributed by atoms with Crippen molar-refractivity contribution in [2.75, 3.05) is 24.7 Å². The molecule has 1 fully saturated rings. The molecule has 0 amide bonds. The number of halogens is 2. The zero-order valence-corrected chi connectivity index (χ0v) is 11.0. The third-order valence-corrected chi connectivity index (χ3v) is 3.62. The third-order valence-electron chi connectivity index (χ3n) is 3.62. The van der Waals surface area contributed by atoms with Gasteiger partial charge >= 0.3 is 0 Å². The van der Waals surface area contributed by atoms with Gasteiger partial charge in [-0.25, -0.2) is 14.4 Å². The summed E-state index contributed by atoms with van der Waals surface area (Å²) < 4.78 is 27.3.